The summed E-state index contributed by atoms with van der Waals surface area (Å²) in [6.07, 6.45) is 2.64. The van der Waals surface area contributed by atoms with Gasteiger partial charge in [-0.25, -0.2) is 4.39 Å². The van der Waals surface area contributed by atoms with Crippen molar-refractivity contribution >= 4 is 17.4 Å². The van der Waals surface area contributed by atoms with E-state index in [0.29, 0.717) is 38.3 Å². The molecule has 0 bridgehead atoms. The molecule has 1 aromatic carbocycles. The van der Waals surface area contributed by atoms with Crippen LogP contribution in [0.25, 0.3) is 0 Å². The molecule has 0 aromatic heterocycles. The molecular weight excluding hydrogens is 347 g/mol. The van der Waals surface area contributed by atoms with Gasteiger partial charge in [-0.1, -0.05) is 31.1 Å². The molecule has 2 aliphatic heterocycles. The van der Waals surface area contributed by atoms with Gasteiger partial charge in [0.05, 0.1) is 5.71 Å². The van der Waals surface area contributed by atoms with E-state index in [1.165, 1.54) is 12.1 Å². The highest BCUT2D eigenvalue weighted by atomic mass is 19.1. The van der Waals surface area contributed by atoms with Crippen molar-refractivity contribution < 1.29 is 18.8 Å². The number of amides is 1. The minimum absolute atomic E-state index is 0.0638. The van der Waals surface area contributed by atoms with Gasteiger partial charge in [-0.05, 0) is 36.5 Å². The summed E-state index contributed by atoms with van der Waals surface area (Å²) in [5.41, 5.74) is 1.72. The maximum Gasteiger partial charge on any atom is 0.266 e. The Morgan fingerprint density at radius 2 is 2.04 bits per heavy atom. The number of rotatable bonds is 6. The number of oxime groups is 1. The van der Waals surface area contributed by atoms with Crippen LogP contribution in [-0.4, -0.2) is 41.5 Å². The second kappa shape index (κ2) is 8.63. The molecule has 0 spiro atoms. The molecule has 1 amide bonds. The van der Waals surface area contributed by atoms with Crippen molar-refractivity contribution in [3.8, 4) is 0 Å². The van der Waals surface area contributed by atoms with E-state index in [4.69, 9.17) is 4.84 Å². The molecule has 2 aliphatic rings. The number of halogens is 1. The first kappa shape index (κ1) is 19.5. The Labute approximate surface area is 159 Å². The van der Waals surface area contributed by atoms with Crippen LogP contribution in [0.2, 0.25) is 0 Å². The third kappa shape index (κ3) is 5.15. The van der Waals surface area contributed by atoms with Crippen LogP contribution in [0.3, 0.4) is 0 Å². The van der Waals surface area contributed by atoms with Crippen LogP contribution in [0, 0.1) is 17.7 Å². The molecular formula is C21H27FN2O3. The molecule has 2 atom stereocenters. The number of Topliss-reactive ketones (excluding diaryl/α,β-unsaturated/α-hetero) is 1. The minimum atomic E-state index is -0.612. The minimum Gasteiger partial charge on any atom is -0.382 e. The summed E-state index contributed by atoms with van der Waals surface area (Å²) in [5.74, 6) is 0.163. The molecule has 27 heavy (non-hydrogen) atoms. The van der Waals surface area contributed by atoms with E-state index in [9.17, 15) is 14.0 Å². The van der Waals surface area contributed by atoms with Gasteiger partial charge in [0.2, 0.25) is 6.10 Å². The molecule has 6 heteroatoms. The van der Waals surface area contributed by atoms with E-state index in [0.717, 1.165) is 24.1 Å². The van der Waals surface area contributed by atoms with E-state index < -0.39 is 6.10 Å². The Balaban J connectivity index is 1.52. The van der Waals surface area contributed by atoms with Crippen LogP contribution in [-0.2, 0) is 20.8 Å². The SMILES string of the molecule is CC(C)CC(=O)[C@H]1CCCN(C(=O)[C@@H]2CC(Cc3ccc(F)cc3)=NO2)C1. The summed E-state index contributed by atoms with van der Waals surface area (Å²) in [6, 6.07) is 6.25. The smallest absolute Gasteiger partial charge is 0.266 e. The lowest BCUT2D eigenvalue weighted by Gasteiger charge is -2.33. The van der Waals surface area contributed by atoms with Gasteiger partial charge < -0.3 is 9.74 Å². The largest absolute Gasteiger partial charge is 0.382 e. The average molecular weight is 374 g/mol. The van der Waals surface area contributed by atoms with Crippen molar-refractivity contribution in [3.05, 3.63) is 35.6 Å². The number of likely N-dealkylation sites (tertiary alicyclic amines) is 1. The molecule has 0 saturated carbocycles. The van der Waals surface area contributed by atoms with Crippen molar-refractivity contribution in [2.45, 2.75) is 52.1 Å². The Morgan fingerprint density at radius 3 is 2.74 bits per heavy atom. The van der Waals surface area contributed by atoms with Crippen molar-refractivity contribution in [2.75, 3.05) is 13.1 Å². The van der Waals surface area contributed by atoms with Gasteiger partial charge in [-0.2, -0.15) is 0 Å². The first-order valence-electron chi connectivity index (χ1n) is 9.70. The van der Waals surface area contributed by atoms with Gasteiger partial charge in [0.25, 0.3) is 5.91 Å². The summed E-state index contributed by atoms with van der Waals surface area (Å²) in [4.78, 5) is 32.3. The molecule has 1 fully saturated rings. The lowest BCUT2D eigenvalue weighted by Crippen LogP contribution is -2.46. The Kier molecular flexibility index (Phi) is 6.24. The number of hydrogen-bond acceptors (Lipinski definition) is 4. The number of nitrogens with zero attached hydrogens (tertiary/aromatic N) is 2. The van der Waals surface area contributed by atoms with Gasteiger partial charge >= 0.3 is 0 Å². The molecule has 0 unspecified atom stereocenters. The van der Waals surface area contributed by atoms with Crippen LogP contribution < -0.4 is 0 Å². The normalized spacial score (nSPS) is 22.5. The molecule has 0 aliphatic carbocycles. The summed E-state index contributed by atoms with van der Waals surface area (Å²) >= 11 is 0. The van der Waals surface area contributed by atoms with E-state index >= 15 is 0 Å². The van der Waals surface area contributed by atoms with Gasteiger partial charge in [0.1, 0.15) is 11.6 Å². The fourth-order valence-electron chi connectivity index (χ4n) is 3.71. The Hall–Kier alpha value is -2.24. The summed E-state index contributed by atoms with van der Waals surface area (Å²) in [6.45, 7) is 5.22. The molecule has 5 nitrogen and oxygen atoms in total. The van der Waals surface area contributed by atoms with Gasteiger partial charge in [-0.3, -0.25) is 9.59 Å². The van der Waals surface area contributed by atoms with Crippen LogP contribution in [0.4, 0.5) is 4.39 Å². The van der Waals surface area contributed by atoms with Crippen molar-refractivity contribution in [3.63, 3.8) is 0 Å². The number of benzene rings is 1. The first-order valence-corrected chi connectivity index (χ1v) is 9.70. The number of piperidine rings is 1. The summed E-state index contributed by atoms with van der Waals surface area (Å²) in [7, 11) is 0. The Morgan fingerprint density at radius 1 is 1.30 bits per heavy atom. The van der Waals surface area contributed by atoms with E-state index in [1.807, 2.05) is 13.8 Å². The third-order valence-corrected chi connectivity index (χ3v) is 5.12. The second-order valence-electron chi connectivity index (χ2n) is 7.95. The first-order chi connectivity index (χ1) is 12.9. The van der Waals surface area contributed by atoms with Crippen molar-refractivity contribution in [1.82, 2.24) is 4.90 Å². The predicted molar refractivity (Wildman–Crippen MR) is 101 cm³/mol. The predicted octanol–water partition coefficient (Wildman–Crippen LogP) is 3.37. The zero-order valence-corrected chi connectivity index (χ0v) is 16.0. The molecule has 1 saturated heterocycles. The van der Waals surface area contributed by atoms with Crippen LogP contribution in [0.15, 0.2) is 29.4 Å². The number of carbonyl (C=O) groups excluding carboxylic acids is 2. The van der Waals surface area contributed by atoms with Crippen LogP contribution in [0.1, 0.15) is 45.1 Å². The highest BCUT2D eigenvalue weighted by Crippen LogP contribution is 2.23. The van der Waals surface area contributed by atoms with Crippen LogP contribution >= 0.6 is 0 Å². The van der Waals surface area contributed by atoms with Crippen LogP contribution in [0.5, 0.6) is 0 Å². The zero-order chi connectivity index (χ0) is 19.4. The maximum atomic E-state index is 13.0. The standard InChI is InChI=1S/C21H27FN2O3/c1-14(2)10-19(25)16-4-3-9-24(13-16)21(26)20-12-18(23-27-20)11-15-5-7-17(22)8-6-15/h5-8,14,16,20H,3-4,9-13H2,1-2H3/t16-,20-/m0/s1. The van der Waals surface area contributed by atoms with Crippen molar-refractivity contribution in [1.29, 1.82) is 0 Å². The van der Waals surface area contributed by atoms with E-state index in [1.54, 1.807) is 17.0 Å². The van der Waals surface area contributed by atoms with E-state index in [2.05, 4.69) is 5.16 Å². The molecule has 0 N–H and O–H groups in total. The van der Waals surface area contributed by atoms with Crippen molar-refractivity contribution in [2.24, 2.45) is 17.0 Å². The monoisotopic (exact) mass is 374 g/mol. The lowest BCUT2D eigenvalue weighted by atomic mass is 9.89. The lowest BCUT2D eigenvalue weighted by molar-refractivity contribution is -0.145. The number of hydrogen-bond donors (Lipinski definition) is 0. The fraction of sp³-hybridized carbons (Fsp3) is 0.571. The molecule has 0 radical (unpaired) electrons. The summed E-state index contributed by atoms with van der Waals surface area (Å²) < 4.78 is 13.0. The maximum absolute atomic E-state index is 13.0. The zero-order valence-electron chi connectivity index (χ0n) is 16.0. The summed E-state index contributed by atoms with van der Waals surface area (Å²) in [5, 5.41) is 4.05. The highest BCUT2D eigenvalue weighted by molar-refractivity contribution is 5.94. The van der Waals surface area contributed by atoms with Gasteiger partial charge in [0, 0.05) is 38.3 Å². The molecule has 1 aromatic rings. The number of ketones is 1. The average Bonchev–Trinajstić information content (AvgIpc) is 3.11. The quantitative estimate of drug-likeness (QED) is 0.767. The number of carbonyl (C=O) groups is 2. The Bertz CT molecular complexity index is 715. The topological polar surface area (TPSA) is 59.0 Å². The third-order valence-electron chi connectivity index (χ3n) is 5.12. The van der Waals surface area contributed by atoms with Gasteiger partial charge in [-0.15, -0.1) is 0 Å². The van der Waals surface area contributed by atoms with Gasteiger partial charge in [0.15, 0.2) is 0 Å². The molecule has 146 valence electrons. The van der Waals surface area contributed by atoms with E-state index in [-0.39, 0.29) is 23.4 Å². The second-order valence-corrected chi connectivity index (χ2v) is 7.95. The highest BCUT2D eigenvalue weighted by Gasteiger charge is 2.35. The molecule has 3 rings (SSSR count). The fourth-order valence-corrected chi connectivity index (χ4v) is 3.71. The molecule has 2 heterocycles.